The number of benzene rings is 1. The zero-order valence-corrected chi connectivity index (χ0v) is 20.2. The van der Waals surface area contributed by atoms with Crippen LogP contribution in [0, 0.1) is 6.92 Å². The fourth-order valence-electron chi connectivity index (χ4n) is 4.22. The average Bonchev–Trinajstić information content (AvgIpc) is 3.38. The molecule has 0 saturated carbocycles. The number of amides is 4. The molecule has 1 aromatic carbocycles. The monoisotopic (exact) mass is 501 g/mol. The van der Waals surface area contributed by atoms with Crippen LogP contribution in [0.1, 0.15) is 22.5 Å². The number of carbonyl (C=O) groups excluding carboxylic acids is 4. The van der Waals surface area contributed by atoms with Crippen molar-refractivity contribution in [2.24, 2.45) is 0 Å². The second-order valence-electron chi connectivity index (χ2n) is 8.66. The van der Waals surface area contributed by atoms with E-state index in [-0.39, 0.29) is 36.6 Å². The van der Waals surface area contributed by atoms with Gasteiger partial charge in [-0.3, -0.25) is 24.1 Å². The Balaban J connectivity index is 1.32. The highest BCUT2D eigenvalue weighted by molar-refractivity contribution is 6.31. The van der Waals surface area contributed by atoms with Gasteiger partial charge in [-0.1, -0.05) is 17.7 Å². The van der Waals surface area contributed by atoms with Gasteiger partial charge in [0, 0.05) is 50.0 Å². The topological polar surface area (TPSA) is 115 Å². The number of hydrogen-bond donors (Lipinski definition) is 2. The molecule has 0 spiro atoms. The lowest BCUT2D eigenvalue weighted by atomic mass is 10.1. The lowest BCUT2D eigenvalue weighted by molar-refractivity contribution is -0.145. The van der Waals surface area contributed by atoms with Crippen LogP contribution in [-0.4, -0.2) is 90.2 Å². The van der Waals surface area contributed by atoms with Crippen LogP contribution >= 0.6 is 11.6 Å². The summed E-state index contributed by atoms with van der Waals surface area (Å²) >= 11 is 6.12. The van der Waals surface area contributed by atoms with Crippen molar-refractivity contribution in [3.8, 4) is 0 Å². The fourth-order valence-corrected chi connectivity index (χ4v) is 4.40. The summed E-state index contributed by atoms with van der Waals surface area (Å²) in [6.45, 7) is 4.63. The van der Waals surface area contributed by atoms with Crippen molar-refractivity contribution in [2.75, 3.05) is 51.1 Å². The number of rotatable bonds is 6. The van der Waals surface area contributed by atoms with Crippen LogP contribution in [0.3, 0.4) is 0 Å². The van der Waals surface area contributed by atoms with Gasteiger partial charge in [0.05, 0.1) is 19.2 Å². The third-order valence-electron chi connectivity index (χ3n) is 6.24. The quantitative estimate of drug-likeness (QED) is 0.617. The van der Waals surface area contributed by atoms with Crippen LogP contribution in [0.15, 0.2) is 41.0 Å². The van der Waals surface area contributed by atoms with E-state index in [9.17, 15) is 19.2 Å². The summed E-state index contributed by atoms with van der Waals surface area (Å²) < 4.78 is 5.18. The molecule has 3 heterocycles. The molecule has 186 valence electrons. The van der Waals surface area contributed by atoms with Gasteiger partial charge in [-0.05, 0) is 36.8 Å². The minimum Gasteiger partial charge on any atom is -0.459 e. The number of piperazine rings is 2. The SMILES string of the molecule is Cc1ccc(NC(=O)CC2C(=O)NCCN2C(=O)CN2CCN(C(=O)c3ccco3)CC2)cc1Cl. The van der Waals surface area contributed by atoms with Gasteiger partial charge in [0.2, 0.25) is 17.7 Å². The number of anilines is 1. The summed E-state index contributed by atoms with van der Waals surface area (Å²) in [7, 11) is 0. The van der Waals surface area contributed by atoms with Crippen molar-refractivity contribution in [3.05, 3.63) is 52.9 Å². The van der Waals surface area contributed by atoms with Crippen molar-refractivity contribution in [1.82, 2.24) is 20.0 Å². The normalized spacial score (nSPS) is 18.8. The predicted octanol–water partition coefficient (Wildman–Crippen LogP) is 1.36. The van der Waals surface area contributed by atoms with Gasteiger partial charge in [-0.15, -0.1) is 0 Å². The summed E-state index contributed by atoms with van der Waals surface area (Å²) in [5.74, 6) is -0.829. The molecule has 0 bridgehead atoms. The number of nitrogens with zero attached hydrogens (tertiary/aromatic N) is 3. The third-order valence-corrected chi connectivity index (χ3v) is 6.64. The molecule has 2 N–H and O–H groups in total. The Morgan fingerprint density at radius 2 is 1.91 bits per heavy atom. The predicted molar refractivity (Wildman–Crippen MR) is 129 cm³/mol. The molecule has 2 aliphatic heterocycles. The average molecular weight is 502 g/mol. The molecule has 11 heteroatoms. The van der Waals surface area contributed by atoms with Gasteiger partial charge >= 0.3 is 0 Å². The summed E-state index contributed by atoms with van der Waals surface area (Å²) in [4.78, 5) is 55.9. The van der Waals surface area contributed by atoms with Crippen LogP contribution in [0.4, 0.5) is 5.69 Å². The molecule has 0 aliphatic carbocycles. The van der Waals surface area contributed by atoms with Crippen molar-refractivity contribution < 1.29 is 23.6 Å². The lowest BCUT2D eigenvalue weighted by Gasteiger charge is -2.38. The molecule has 35 heavy (non-hydrogen) atoms. The van der Waals surface area contributed by atoms with Crippen LogP contribution in [0.2, 0.25) is 5.02 Å². The van der Waals surface area contributed by atoms with E-state index in [2.05, 4.69) is 10.6 Å². The first kappa shape index (κ1) is 24.7. The van der Waals surface area contributed by atoms with E-state index in [4.69, 9.17) is 16.0 Å². The molecular formula is C24H28ClN5O5. The van der Waals surface area contributed by atoms with E-state index < -0.39 is 6.04 Å². The molecule has 2 aromatic rings. The van der Waals surface area contributed by atoms with Crippen LogP contribution in [0.25, 0.3) is 0 Å². The maximum atomic E-state index is 13.1. The summed E-state index contributed by atoms with van der Waals surface area (Å²) in [5, 5.41) is 6.01. The molecule has 1 unspecified atom stereocenters. The second-order valence-corrected chi connectivity index (χ2v) is 9.06. The Morgan fingerprint density at radius 3 is 2.60 bits per heavy atom. The molecule has 2 aliphatic rings. The number of furan rings is 1. The van der Waals surface area contributed by atoms with Gasteiger partial charge in [0.25, 0.3) is 5.91 Å². The molecule has 4 amide bonds. The van der Waals surface area contributed by atoms with Gasteiger partial charge < -0.3 is 24.9 Å². The first-order valence-electron chi connectivity index (χ1n) is 11.5. The second kappa shape index (κ2) is 10.9. The third kappa shape index (κ3) is 6.01. The maximum absolute atomic E-state index is 13.1. The number of nitrogens with one attached hydrogen (secondary N) is 2. The molecule has 10 nitrogen and oxygen atoms in total. The van der Waals surface area contributed by atoms with Crippen molar-refractivity contribution in [1.29, 1.82) is 0 Å². The van der Waals surface area contributed by atoms with Gasteiger partial charge in [0.15, 0.2) is 5.76 Å². The first-order valence-corrected chi connectivity index (χ1v) is 11.9. The minimum absolute atomic E-state index is 0.113. The molecule has 0 radical (unpaired) electrons. The number of hydrogen-bond acceptors (Lipinski definition) is 6. The van der Waals surface area contributed by atoms with Gasteiger partial charge in [-0.25, -0.2) is 0 Å². The van der Waals surface area contributed by atoms with E-state index in [1.807, 2.05) is 11.8 Å². The highest BCUT2D eigenvalue weighted by Gasteiger charge is 2.35. The van der Waals surface area contributed by atoms with E-state index in [0.717, 1.165) is 5.56 Å². The first-order chi connectivity index (χ1) is 16.8. The molecule has 2 saturated heterocycles. The minimum atomic E-state index is -0.890. The van der Waals surface area contributed by atoms with Gasteiger partial charge in [-0.2, -0.15) is 0 Å². The number of halogens is 1. The standard InChI is InChI=1S/C24H28ClN5O5/c1-16-4-5-17(13-18(16)25)27-21(31)14-19-23(33)26-6-7-30(19)22(32)15-28-8-10-29(11-9-28)24(34)20-3-2-12-35-20/h2-5,12-13,19H,6-11,14-15H2,1H3,(H,26,33)(H,27,31). The molecule has 1 aromatic heterocycles. The Bertz CT molecular complexity index is 1100. The van der Waals surface area contributed by atoms with Gasteiger partial charge in [0.1, 0.15) is 6.04 Å². The van der Waals surface area contributed by atoms with Crippen LogP contribution in [-0.2, 0) is 14.4 Å². The Hall–Kier alpha value is -3.37. The van der Waals surface area contributed by atoms with Crippen molar-refractivity contribution >= 4 is 40.9 Å². The molecule has 1 atom stereocenters. The summed E-state index contributed by atoms with van der Waals surface area (Å²) in [6, 6.07) is 7.59. The zero-order chi connectivity index (χ0) is 24.9. The van der Waals surface area contributed by atoms with Crippen molar-refractivity contribution in [3.63, 3.8) is 0 Å². The van der Waals surface area contributed by atoms with E-state index >= 15 is 0 Å². The number of carbonyl (C=O) groups is 4. The lowest BCUT2D eigenvalue weighted by Crippen LogP contribution is -2.60. The Morgan fingerprint density at radius 1 is 1.14 bits per heavy atom. The summed E-state index contributed by atoms with van der Waals surface area (Å²) in [5.41, 5.74) is 1.42. The molecule has 2 fully saturated rings. The van der Waals surface area contributed by atoms with E-state index in [0.29, 0.717) is 55.7 Å². The van der Waals surface area contributed by atoms with Crippen LogP contribution < -0.4 is 10.6 Å². The Kier molecular flexibility index (Phi) is 7.72. The fraction of sp³-hybridized carbons (Fsp3) is 0.417. The van der Waals surface area contributed by atoms with Crippen molar-refractivity contribution in [2.45, 2.75) is 19.4 Å². The zero-order valence-electron chi connectivity index (χ0n) is 19.5. The maximum Gasteiger partial charge on any atom is 0.289 e. The molecule has 4 rings (SSSR count). The Labute approximate surface area is 208 Å². The highest BCUT2D eigenvalue weighted by atomic mass is 35.5. The largest absolute Gasteiger partial charge is 0.459 e. The smallest absolute Gasteiger partial charge is 0.289 e. The number of aryl methyl sites for hydroxylation is 1. The van der Waals surface area contributed by atoms with E-state index in [1.165, 1.54) is 11.2 Å². The van der Waals surface area contributed by atoms with Crippen LogP contribution in [0.5, 0.6) is 0 Å². The summed E-state index contributed by atoms with van der Waals surface area (Å²) in [6.07, 6.45) is 1.30. The van der Waals surface area contributed by atoms with E-state index in [1.54, 1.807) is 35.2 Å². The highest BCUT2D eigenvalue weighted by Crippen LogP contribution is 2.21. The molecular weight excluding hydrogens is 474 g/mol.